The molecule has 0 bridgehead atoms. The molecule has 3 rings (SSSR count). The van der Waals surface area contributed by atoms with E-state index in [4.69, 9.17) is 0 Å². The fraction of sp³-hybridized carbons (Fsp3) is 0.375. The summed E-state index contributed by atoms with van der Waals surface area (Å²) in [6.07, 6.45) is 2.81. The van der Waals surface area contributed by atoms with Crippen LogP contribution in [-0.4, -0.2) is 45.0 Å². The second kappa shape index (κ2) is 6.19. The molecule has 1 aromatic carbocycles. The van der Waals surface area contributed by atoms with Gasteiger partial charge in [0.1, 0.15) is 5.82 Å². The van der Waals surface area contributed by atoms with Gasteiger partial charge in [-0.2, -0.15) is 5.10 Å². The molecular weight excluding hydrogens is 280 g/mol. The predicted octanol–water partition coefficient (Wildman–Crippen LogP) is 2.17. The molecule has 1 fully saturated rings. The molecule has 1 atom stereocenters. The number of carbonyl (C=O) groups excluding carboxylic acids is 1. The van der Waals surface area contributed by atoms with Crippen molar-refractivity contribution in [3.05, 3.63) is 42.1 Å². The van der Waals surface area contributed by atoms with Crippen LogP contribution in [0.5, 0.6) is 0 Å². The minimum Gasteiger partial charge on any atom is -0.391 e. The third-order valence-corrected chi connectivity index (χ3v) is 3.91. The van der Waals surface area contributed by atoms with E-state index in [-0.39, 0.29) is 6.03 Å². The molecule has 0 radical (unpaired) electrons. The van der Waals surface area contributed by atoms with Crippen molar-refractivity contribution in [2.75, 3.05) is 18.4 Å². The maximum atomic E-state index is 12.3. The van der Waals surface area contributed by atoms with Gasteiger partial charge in [0.05, 0.1) is 18.0 Å². The Balaban J connectivity index is 1.78. The highest BCUT2D eigenvalue weighted by Crippen LogP contribution is 2.19. The Hall–Kier alpha value is -2.34. The van der Waals surface area contributed by atoms with Gasteiger partial charge in [-0.05, 0) is 31.4 Å². The zero-order valence-electron chi connectivity index (χ0n) is 12.6. The molecular formula is C16H20N4O2. The van der Waals surface area contributed by atoms with Crippen LogP contribution in [0.2, 0.25) is 0 Å². The van der Waals surface area contributed by atoms with Crippen molar-refractivity contribution in [1.29, 1.82) is 0 Å². The van der Waals surface area contributed by atoms with Crippen molar-refractivity contribution < 1.29 is 9.90 Å². The first kappa shape index (κ1) is 14.6. The highest BCUT2D eigenvalue weighted by molar-refractivity contribution is 5.88. The third-order valence-electron chi connectivity index (χ3n) is 3.91. The molecule has 1 saturated heterocycles. The maximum Gasteiger partial charge on any atom is 0.323 e. The van der Waals surface area contributed by atoms with Crippen LogP contribution < -0.4 is 5.32 Å². The van der Waals surface area contributed by atoms with Crippen molar-refractivity contribution in [2.45, 2.75) is 25.9 Å². The molecule has 1 aliphatic heterocycles. The number of β-amino-alcohol motifs (C(OH)–C–C–N with tert-alkyl or cyclic N) is 1. The topological polar surface area (TPSA) is 70.4 Å². The molecule has 22 heavy (non-hydrogen) atoms. The molecule has 2 N–H and O–H groups in total. The summed E-state index contributed by atoms with van der Waals surface area (Å²) < 4.78 is 1.72. The molecule has 0 aliphatic carbocycles. The van der Waals surface area contributed by atoms with E-state index in [1.807, 2.05) is 31.2 Å². The van der Waals surface area contributed by atoms with Gasteiger partial charge in [-0.15, -0.1) is 0 Å². The third kappa shape index (κ3) is 2.96. The number of anilines is 1. The van der Waals surface area contributed by atoms with Crippen LogP contribution in [0.4, 0.5) is 10.6 Å². The lowest BCUT2D eigenvalue weighted by molar-refractivity contribution is 0.0883. The molecule has 2 aromatic rings. The van der Waals surface area contributed by atoms with Crippen LogP contribution in [0, 0.1) is 6.92 Å². The lowest BCUT2D eigenvalue weighted by Gasteiger charge is -2.30. The molecule has 1 aliphatic rings. The number of hydrogen-bond donors (Lipinski definition) is 2. The summed E-state index contributed by atoms with van der Waals surface area (Å²) in [6.45, 7) is 3.05. The highest BCUT2D eigenvalue weighted by atomic mass is 16.3. The van der Waals surface area contributed by atoms with E-state index in [9.17, 15) is 9.90 Å². The van der Waals surface area contributed by atoms with Crippen LogP contribution in [0.1, 0.15) is 18.4 Å². The first-order valence-corrected chi connectivity index (χ1v) is 7.49. The number of amides is 2. The van der Waals surface area contributed by atoms with Crippen LogP contribution in [0.3, 0.4) is 0 Å². The number of aryl methyl sites for hydroxylation is 1. The molecule has 6 heteroatoms. The number of urea groups is 1. The fourth-order valence-electron chi connectivity index (χ4n) is 2.72. The predicted molar refractivity (Wildman–Crippen MR) is 84.1 cm³/mol. The normalized spacial score (nSPS) is 18.3. The minimum atomic E-state index is -0.430. The van der Waals surface area contributed by atoms with Crippen molar-refractivity contribution in [3.63, 3.8) is 0 Å². The number of carbonyl (C=O) groups is 1. The number of para-hydroxylation sites is 1. The van der Waals surface area contributed by atoms with Gasteiger partial charge in [-0.25, -0.2) is 9.48 Å². The number of hydrogen-bond acceptors (Lipinski definition) is 3. The number of likely N-dealkylation sites (tertiary alicyclic amines) is 1. The Morgan fingerprint density at radius 3 is 2.95 bits per heavy atom. The number of nitrogens with zero attached hydrogens (tertiary/aromatic N) is 3. The Morgan fingerprint density at radius 2 is 2.18 bits per heavy atom. The van der Waals surface area contributed by atoms with E-state index in [0.29, 0.717) is 18.9 Å². The maximum absolute atomic E-state index is 12.3. The molecule has 6 nitrogen and oxygen atoms in total. The van der Waals surface area contributed by atoms with Gasteiger partial charge in [-0.3, -0.25) is 5.32 Å². The first-order chi connectivity index (χ1) is 10.6. The number of nitrogens with one attached hydrogen (secondary N) is 1. The molecule has 2 amide bonds. The van der Waals surface area contributed by atoms with Gasteiger partial charge < -0.3 is 10.0 Å². The van der Waals surface area contributed by atoms with Crippen LogP contribution >= 0.6 is 0 Å². The van der Waals surface area contributed by atoms with E-state index in [1.165, 1.54) is 0 Å². The van der Waals surface area contributed by atoms with Crippen molar-refractivity contribution in [3.8, 4) is 5.69 Å². The van der Waals surface area contributed by atoms with Crippen LogP contribution in [0.15, 0.2) is 36.5 Å². The summed E-state index contributed by atoms with van der Waals surface area (Å²) in [5.41, 5.74) is 2.01. The number of aliphatic hydroxyl groups excluding tert-OH is 1. The van der Waals surface area contributed by atoms with E-state index >= 15 is 0 Å². The van der Waals surface area contributed by atoms with Crippen LogP contribution in [-0.2, 0) is 0 Å². The summed E-state index contributed by atoms with van der Waals surface area (Å²) in [5, 5.41) is 16.9. The van der Waals surface area contributed by atoms with Gasteiger partial charge in [0, 0.05) is 19.2 Å². The fourth-order valence-corrected chi connectivity index (χ4v) is 2.72. The molecule has 2 heterocycles. The van der Waals surface area contributed by atoms with E-state index in [1.54, 1.807) is 21.8 Å². The minimum absolute atomic E-state index is 0.200. The quantitative estimate of drug-likeness (QED) is 0.893. The number of aliphatic hydroxyl groups is 1. The second-order valence-corrected chi connectivity index (χ2v) is 5.59. The molecule has 1 aromatic heterocycles. The Kier molecular flexibility index (Phi) is 4.11. The Labute approximate surface area is 129 Å². The van der Waals surface area contributed by atoms with Crippen molar-refractivity contribution in [2.24, 2.45) is 0 Å². The number of rotatable bonds is 2. The average Bonchev–Trinajstić information content (AvgIpc) is 2.95. The Bertz CT molecular complexity index is 668. The molecule has 0 saturated carbocycles. The van der Waals surface area contributed by atoms with E-state index < -0.39 is 6.10 Å². The summed E-state index contributed by atoms with van der Waals surface area (Å²) in [5.74, 6) is 0.624. The second-order valence-electron chi connectivity index (χ2n) is 5.59. The summed E-state index contributed by atoms with van der Waals surface area (Å²) in [6, 6.07) is 9.44. The zero-order valence-corrected chi connectivity index (χ0v) is 12.6. The van der Waals surface area contributed by atoms with Crippen molar-refractivity contribution >= 4 is 11.8 Å². The van der Waals surface area contributed by atoms with E-state index in [0.717, 1.165) is 24.1 Å². The van der Waals surface area contributed by atoms with E-state index in [2.05, 4.69) is 10.4 Å². The molecule has 116 valence electrons. The number of aromatic nitrogens is 2. The summed E-state index contributed by atoms with van der Waals surface area (Å²) in [7, 11) is 0. The number of piperidine rings is 1. The summed E-state index contributed by atoms with van der Waals surface area (Å²) in [4.78, 5) is 14.0. The van der Waals surface area contributed by atoms with Gasteiger partial charge in [0.15, 0.2) is 0 Å². The average molecular weight is 300 g/mol. The molecule has 1 unspecified atom stereocenters. The first-order valence-electron chi connectivity index (χ1n) is 7.49. The standard InChI is InChI=1S/C16H20N4O2/c1-12-5-2-3-7-14(12)20-15(8-9-17-20)18-16(22)19-10-4-6-13(21)11-19/h2-3,5,7-9,13,21H,4,6,10-11H2,1H3,(H,18,22). The summed E-state index contributed by atoms with van der Waals surface area (Å²) >= 11 is 0. The van der Waals surface area contributed by atoms with Gasteiger partial charge >= 0.3 is 6.03 Å². The SMILES string of the molecule is Cc1ccccc1-n1nccc1NC(=O)N1CCCC(O)C1. The monoisotopic (exact) mass is 300 g/mol. The van der Waals surface area contributed by atoms with Gasteiger partial charge in [0.2, 0.25) is 0 Å². The van der Waals surface area contributed by atoms with Crippen molar-refractivity contribution in [1.82, 2.24) is 14.7 Å². The lowest BCUT2D eigenvalue weighted by atomic mass is 10.1. The molecule has 0 spiro atoms. The highest BCUT2D eigenvalue weighted by Gasteiger charge is 2.23. The number of benzene rings is 1. The smallest absolute Gasteiger partial charge is 0.323 e. The van der Waals surface area contributed by atoms with Crippen LogP contribution in [0.25, 0.3) is 5.69 Å². The zero-order chi connectivity index (χ0) is 15.5. The largest absolute Gasteiger partial charge is 0.391 e. The van der Waals surface area contributed by atoms with Gasteiger partial charge in [0.25, 0.3) is 0 Å². The van der Waals surface area contributed by atoms with Gasteiger partial charge in [-0.1, -0.05) is 18.2 Å². The Morgan fingerprint density at radius 1 is 1.36 bits per heavy atom. The lowest BCUT2D eigenvalue weighted by Crippen LogP contribution is -2.44.